The van der Waals surface area contributed by atoms with Gasteiger partial charge in [-0.05, 0) is 62.8 Å². The van der Waals surface area contributed by atoms with Gasteiger partial charge >= 0.3 is 0 Å². The van der Waals surface area contributed by atoms with E-state index in [1.165, 1.54) is 24.8 Å². The van der Waals surface area contributed by atoms with Crippen LogP contribution in [0, 0.1) is 23.7 Å². The Morgan fingerprint density at radius 3 is 2.61 bits per heavy atom. The van der Waals surface area contributed by atoms with Crippen molar-refractivity contribution < 1.29 is 14.3 Å². The van der Waals surface area contributed by atoms with E-state index in [4.69, 9.17) is 4.74 Å². The molecule has 0 aromatic rings. The van der Waals surface area contributed by atoms with Crippen molar-refractivity contribution in [3.63, 3.8) is 0 Å². The summed E-state index contributed by atoms with van der Waals surface area (Å²) in [4.78, 5) is 29.8. The summed E-state index contributed by atoms with van der Waals surface area (Å²) in [5.74, 6) is 1.98. The zero-order valence-corrected chi connectivity index (χ0v) is 21.3. The van der Waals surface area contributed by atoms with E-state index >= 15 is 0 Å². The molecule has 0 aromatic carbocycles. The maximum absolute atomic E-state index is 13.2. The highest BCUT2D eigenvalue weighted by molar-refractivity contribution is 5.77. The molecule has 2 heterocycles. The first-order valence-electron chi connectivity index (χ1n) is 13.1. The zero-order valence-electron chi connectivity index (χ0n) is 21.3. The van der Waals surface area contributed by atoms with Gasteiger partial charge in [-0.2, -0.15) is 0 Å². The van der Waals surface area contributed by atoms with Crippen molar-refractivity contribution in [2.24, 2.45) is 23.7 Å². The first-order valence-corrected chi connectivity index (χ1v) is 13.1. The number of hydrogen-bond acceptors (Lipinski definition) is 5. The summed E-state index contributed by atoms with van der Waals surface area (Å²) in [5.41, 5.74) is 1.31. The first-order chi connectivity index (χ1) is 15.9. The van der Waals surface area contributed by atoms with E-state index in [-0.39, 0.29) is 5.91 Å². The number of methoxy groups -OCH3 is 1. The van der Waals surface area contributed by atoms with Gasteiger partial charge in [0.1, 0.15) is 0 Å². The third kappa shape index (κ3) is 7.52. The number of carbonyl (C=O) groups excluding carboxylic acids is 2. The van der Waals surface area contributed by atoms with Crippen molar-refractivity contribution in [1.82, 2.24) is 20.4 Å². The monoisotopic (exact) mass is 462 g/mol. The van der Waals surface area contributed by atoms with Crippen LogP contribution in [0.4, 0.5) is 0 Å². The van der Waals surface area contributed by atoms with Crippen LogP contribution in [0.25, 0.3) is 0 Å². The third-order valence-corrected chi connectivity index (χ3v) is 7.97. The molecular formula is C26H46N4O3. The Morgan fingerprint density at radius 2 is 1.97 bits per heavy atom. The van der Waals surface area contributed by atoms with Crippen LogP contribution in [0.1, 0.15) is 59.3 Å². The highest BCUT2D eigenvalue weighted by atomic mass is 16.5. The number of amides is 2. The Balaban J connectivity index is 1.50. The van der Waals surface area contributed by atoms with Crippen molar-refractivity contribution in [1.29, 1.82) is 0 Å². The maximum atomic E-state index is 13.2. The lowest BCUT2D eigenvalue weighted by Gasteiger charge is -2.42. The second-order valence-electron chi connectivity index (χ2n) is 10.5. The summed E-state index contributed by atoms with van der Waals surface area (Å²) < 4.78 is 5.00. The van der Waals surface area contributed by atoms with Gasteiger partial charge in [0, 0.05) is 52.7 Å². The SMILES string of the molecule is COCCC(=O)NCC1C=C(C)C(CC(=O)N2CCN(C3CCCCN3)CC2)CC1C(C)C. The quantitative estimate of drug-likeness (QED) is 0.516. The largest absolute Gasteiger partial charge is 0.384 e. The average molecular weight is 463 g/mol. The van der Waals surface area contributed by atoms with Crippen molar-refractivity contribution in [2.75, 3.05) is 53.0 Å². The minimum absolute atomic E-state index is 0.0466. The highest BCUT2D eigenvalue weighted by Gasteiger charge is 2.34. The summed E-state index contributed by atoms with van der Waals surface area (Å²) in [7, 11) is 1.62. The molecule has 7 heteroatoms. The van der Waals surface area contributed by atoms with E-state index in [9.17, 15) is 9.59 Å². The number of ether oxygens (including phenoxy) is 1. The molecule has 4 atom stereocenters. The molecule has 2 N–H and O–H groups in total. The smallest absolute Gasteiger partial charge is 0.223 e. The van der Waals surface area contributed by atoms with Gasteiger partial charge < -0.3 is 20.3 Å². The molecule has 188 valence electrons. The molecule has 2 aliphatic heterocycles. The zero-order chi connectivity index (χ0) is 23.8. The van der Waals surface area contributed by atoms with E-state index in [1.54, 1.807) is 7.11 Å². The molecule has 33 heavy (non-hydrogen) atoms. The molecule has 3 rings (SSSR count). The molecule has 2 amide bonds. The number of allylic oxidation sites excluding steroid dienone is 1. The molecule has 0 aromatic heterocycles. The van der Waals surface area contributed by atoms with Gasteiger partial charge in [0.25, 0.3) is 0 Å². The predicted octanol–water partition coefficient (Wildman–Crippen LogP) is 2.63. The minimum Gasteiger partial charge on any atom is -0.384 e. The Bertz CT molecular complexity index is 666. The fraction of sp³-hybridized carbons (Fsp3) is 0.846. The Kier molecular flexibility index (Phi) is 10.2. The topological polar surface area (TPSA) is 73.9 Å². The van der Waals surface area contributed by atoms with Crippen LogP contribution in [-0.2, 0) is 14.3 Å². The normalized spacial score (nSPS) is 29.1. The second kappa shape index (κ2) is 12.9. The van der Waals surface area contributed by atoms with Crippen LogP contribution in [0.3, 0.4) is 0 Å². The van der Waals surface area contributed by atoms with Crippen molar-refractivity contribution in [3.05, 3.63) is 11.6 Å². The van der Waals surface area contributed by atoms with E-state index in [1.807, 2.05) is 0 Å². The van der Waals surface area contributed by atoms with Crippen molar-refractivity contribution >= 4 is 11.8 Å². The lowest BCUT2D eigenvalue weighted by Crippen LogP contribution is -2.57. The van der Waals surface area contributed by atoms with Crippen LogP contribution in [0.15, 0.2) is 11.6 Å². The molecule has 2 saturated heterocycles. The van der Waals surface area contributed by atoms with Gasteiger partial charge in [0.2, 0.25) is 11.8 Å². The molecule has 4 unspecified atom stereocenters. The highest BCUT2D eigenvalue weighted by Crippen LogP contribution is 2.39. The number of rotatable bonds is 9. The Labute approximate surface area is 200 Å². The molecule has 2 fully saturated rings. The van der Waals surface area contributed by atoms with Gasteiger partial charge in [-0.3, -0.25) is 14.5 Å². The lowest BCUT2D eigenvalue weighted by atomic mass is 9.69. The van der Waals surface area contributed by atoms with Crippen LogP contribution < -0.4 is 10.6 Å². The van der Waals surface area contributed by atoms with E-state index in [0.717, 1.165) is 39.1 Å². The summed E-state index contributed by atoms with van der Waals surface area (Å²) in [6, 6.07) is 0. The van der Waals surface area contributed by atoms with E-state index in [0.29, 0.717) is 61.7 Å². The summed E-state index contributed by atoms with van der Waals surface area (Å²) in [6.07, 6.45) is 8.68. The molecule has 0 spiro atoms. The molecule has 3 aliphatic rings. The van der Waals surface area contributed by atoms with E-state index in [2.05, 4.69) is 47.3 Å². The maximum Gasteiger partial charge on any atom is 0.223 e. The number of piperidine rings is 1. The number of carbonyl (C=O) groups is 2. The third-order valence-electron chi connectivity index (χ3n) is 7.97. The average Bonchev–Trinajstić information content (AvgIpc) is 2.83. The number of nitrogens with one attached hydrogen (secondary N) is 2. The Morgan fingerprint density at radius 1 is 1.21 bits per heavy atom. The molecule has 7 nitrogen and oxygen atoms in total. The van der Waals surface area contributed by atoms with Crippen LogP contribution in [0.5, 0.6) is 0 Å². The predicted molar refractivity (Wildman–Crippen MR) is 132 cm³/mol. The van der Waals surface area contributed by atoms with Crippen molar-refractivity contribution in [3.8, 4) is 0 Å². The number of nitrogens with zero attached hydrogens (tertiary/aromatic N) is 2. The second-order valence-corrected chi connectivity index (χ2v) is 10.5. The molecule has 0 bridgehead atoms. The van der Waals surface area contributed by atoms with Gasteiger partial charge in [0.15, 0.2) is 0 Å². The van der Waals surface area contributed by atoms with Crippen LogP contribution >= 0.6 is 0 Å². The van der Waals surface area contributed by atoms with Crippen LogP contribution in [-0.4, -0.2) is 80.8 Å². The fourth-order valence-corrected chi connectivity index (χ4v) is 5.79. The standard InChI is InChI=1S/C26H46N4O3/c1-19(2)23-16-21(20(3)15-22(23)18-28-25(31)8-14-33-4)17-26(32)30-12-10-29(11-13-30)24-7-5-6-9-27-24/h15,19,21-24,27H,5-14,16-18H2,1-4H3,(H,28,31). The molecule has 0 saturated carbocycles. The first kappa shape index (κ1) is 26.2. The number of hydrogen-bond donors (Lipinski definition) is 2. The summed E-state index contributed by atoms with van der Waals surface area (Å²) >= 11 is 0. The molecular weight excluding hydrogens is 416 g/mol. The lowest BCUT2D eigenvalue weighted by molar-refractivity contribution is -0.134. The van der Waals surface area contributed by atoms with Crippen LogP contribution in [0.2, 0.25) is 0 Å². The molecule has 0 radical (unpaired) electrons. The van der Waals surface area contributed by atoms with Gasteiger partial charge in [0.05, 0.1) is 12.8 Å². The fourth-order valence-electron chi connectivity index (χ4n) is 5.79. The van der Waals surface area contributed by atoms with Gasteiger partial charge in [-0.25, -0.2) is 0 Å². The number of piperazine rings is 1. The van der Waals surface area contributed by atoms with Crippen molar-refractivity contribution in [2.45, 2.75) is 65.5 Å². The van der Waals surface area contributed by atoms with Gasteiger partial charge in [-0.1, -0.05) is 25.5 Å². The van der Waals surface area contributed by atoms with Gasteiger partial charge in [-0.15, -0.1) is 0 Å². The minimum atomic E-state index is 0.0466. The Hall–Kier alpha value is -1.44. The molecule has 1 aliphatic carbocycles. The van der Waals surface area contributed by atoms with E-state index < -0.39 is 0 Å². The summed E-state index contributed by atoms with van der Waals surface area (Å²) in [6.45, 7) is 12.6. The summed E-state index contributed by atoms with van der Waals surface area (Å²) in [5, 5.41) is 6.72.